The summed E-state index contributed by atoms with van der Waals surface area (Å²) in [5.41, 5.74) is -1.62. The molecule has 0 amide bonds. The van der Waals surface area contributed by atoms with E-state index in [-0.39, 0.29) is 9.83 Å². The van der Waals surface area contributed by atoms with Crippen LogP contribution in [0.3, 0.4) is 0 Å². The maximum atomic E-state index is 13.1. The fourth-order valence-corrected chi connectivity index (χ4v) is 3.88. The van der Waals surface area contributed by atoms with Gasteiger partial charge in [-0.15, -0.1) is 0 Å². The number of nitro groups is 1. The lowest BCUT2D eigenvalue weighted by Gasteiger charge is -2.17. The van der Waals surface area contributed by atoms with Crippen LogP contribution in [0, 0.1) is 10.1 Å². The molecule has 0 unspecified atom stereocenters. The Kier molecular flexibility index (Phi) is 4.22. The Morgan fingerprint density at radius 2 is 2.00 bits per heavy atom. The van der Waals surface area contributed by atoms with Gasteiger partial charge < -0.3 is 4.90 Å². The van der Waals surface area contributed by atoms with E-state index in [1.807, 2.05) is 0 Å². The standard InChI is InChI=1S/C17H10F3N5O3S/c1-24(10-2-3-12-8(4-10)7-21-23-12)16-22-15(26)11-5-9(17(18,19)20)6-13(25(27)28)14(11)29-16/h2-7H,1H3,(H,21,23). The van der Waals surface area contributed by atoms with Gasteiger partial charge in [0.05, 0.1) is 27.6 Å². The van der Waals surface area contributed by atoms with Crippen LogP contribution in [-0.4, -0.2) is 27.2 Å². The Labute approximate surface area is 163 Å². The molecule has 148 valence electrons. The summed E-state index contributed by atoms with van der Waals surface area (Å²) in [5.74, 6) is 0. The number of aromatic amines is 1. The second kappa shape index (κ2) is 6.51. The zero-order valence-corrected chi connectivity index (χ0v) is 15.3. The minimum absolute atomic E-state index is 0.105. The van der Waals surface area contributed by atoms with Crippen molar-refractivity contribution in [1.82, 2.24) is 15.2 Å². The topological polar surface area (TPSA) is 105 Å². The summed E-state index contributed by atoms with van der Waals surface area (Å²) in [6, 6.07) is 6.28. The molecule has 0 spiro atoms. The lowest BCUT2D eigenvalue weighted by Crippen LogP contribution is -2.16. The van der Waals surface area contributed by atoms with Crippen LogP contribution in [0.5, 0.6) is 0 Å². The van der Waals surface area contributed by atoms with E-state index in [4.69, 9.17) is 0 Å². The number of benzene rings is 2. The van der Waals surface area contributed by atoms with Crippen molar-refractivity contribution in [3.63, 3.8) is 0 Å². The van der Waals surface area contributed by atoms with Crippen LogP contribution in [0.15, 0.2) is 41.3 Å². The van der Waals surface area contributed by atoms with Crippen LogP contribution in [0.25, 0.3) is 21.0 Å². The highest BCUT2D eigenvalue weighted by Gasteiger charge is 2.34. The van der Waals surface area contributed by atoms with Crippen molar-refractivity contribution >= 4 is 48.8 Å². The second-order valence-electron chi connectivity index (χ2n) is 6.13. The molecule has 0 aliphatic carbocycles. The van der Waals surface area contributed by atoms with Gasteiger partial charge in [0.25, 0.3) is 11.2 Å². The smallest absolute Gasteiger partial charge is 0.321 e. The Balaban J connectivity index is 1.91. The first-order valence-electron chi connectivity index (χ1n) is 8.02. The Bertz CT molecular complexity index is 1330. The molecule has 2 heterocycles. The van der Waals surface area contributed by atoms with E-state index in [9.17, 15) is 28.1 Å². The van der Waals surface area contributed by atoms with Gasteiger partial charge in [-0.2, -0.15) is 23.3 Å². The first kappa shape index (κ1) is 18.8. The quantitative estimate of drug-likeness (QED) is 0.392. The zero-order chi connectivity index (χ0) is 20.9. The summed E-state index contributed by atoms with van der Waals surface area (Å²) in [5, 5.41) is 18.5. The van der Waals surface area contributed by atoms with Crippen LogP contribution in [0.2, 0.25) is 0 Å². The number of non-ortho nitro benzene ring substituents is 1. The first-order chi connectivity index (χ1) is 13.6. The molecule has 2 aromatic heterocycles. The molecular weight excluding hydrogens is 411 g/mol. The lowest BCUT2D eigenvalue weighted by molar-refractivity contribution is -0.383. The Hall–Kier alpha value is -3.54. The van der Waals surface area contributed by atoms with Crippen LogP contribution in [0.1, 0.15) is 5.56 Å². The minimum Gasteiger partial charge on any atom is -0.321 e. The van der Waals surface area contributed by atoms with E-state index in [0.29, 0.717) is 17.8 Å². The molecule has 0 atom stereocenters. The number of nitrogens with zero attached hydrogens (tertiary/aromatic N) is 4. The fourth-order valence-electron chi connectivity index (χ4n) is 2.83. The average Bonchev–Trinajstić information content (AvgIpc) is 3.13. The van der Waals surface area contributed by atoms with Crippen molar-refractivity contribution in [2.24, 2.45) is 0 Å². The van der Waals surface area contributed by atoms with Gasteiger partial charge >= 0.3 is 6.18 Å². The third kappa shape index (κ3) is 3.27. The van der Waals surface area contributed by atoms with Crippen LogP contribution in [-0.2, 0) is 6.18 Å². The molecule has 1 N–H and O–H groups in total. The molecule has 0 aliphatic rings. The van der Waals surface area contributed by atoms with Crippen molar-refractivity contribution in [2.45, 2.75) is 6.18 Å². The van der Waals surface area contributed by atoms with E-state index in [1.165, 1.54) is 4.90 Å². The number of halogens is 3. The van der Waals surface area contributed by atoms with Gasteiger partial charge in [-0.25, -0.2) is 0 Å². The van der Waals surface area contributed by atoms with Crippen molar-refractivity contribution in [3.05, 3.63) is 62.6 Å². The van der Waals surface area contributed by atoms with Crippen molar-refractivity contribution < 1.29 is 18.1 Å². The van der Waals surface area contributed by atoms with Crippen LogP contribution in [0.4, 0.5) is 29.7 Å². The van der Waals surface area contributed by atoms with E-state index in [2.05, 4.69) is 15.2 Å². The number of hydrogen-bond acceptors (Lipinski definition) is 7. The lowest BCUT2D eigenvalue weighted by atomic mass is 10.1. The highest BCUT2D eigenvalue weighted by molar-refractivity contribution is 7.22. The normalized spacial score (nSPS) is 11.9. The molecule has 0 aliphatic heterocycles. The number of aromatic nitrogens is 3. The molecule has 0 fully saturated rings. The number of H-pyrrole nitrogens is 1. The van der Waals surface area contributed by atoms with Gasteiger partial charge in [0, 0.05) is 24.2 Å². The van der Waals surface area contributed by atoms with E-state index in [0.717, 1.165) is 22.2 Å². The highest BCUT2D eigenvalue weighted by atomic mass is 32.1. The summed E-state index contributed by atoms with van der Waals surface area (Å²) in [4.78, 5) is 28.2. The molecule has 29 heavy (non-hydrogen) atoms. The monoisotopic (exact) mass is 421 g/mol. The van der Waals surface area contributed by atoms with Gasteiger partial charge in [-0.1, -0.05) is 11.3 Å². The predicted octanol–water partition coefficient (Wildman–Crippen LogP) is 4.23. The van der Waals surface area contributed by atoms with Gasteiger partial charge in [-0.05, 0) is 24.3 Å². The molecule has 0 radical (unpaired) electrons. The summed E-state index contributed by atoms with van der Waals surface area (Å²) in [7, 11) is 1.60. The van der Waals surface area contributed by atoms with Gasteiger partial charge in [0.15, 0.2) is 5.13 Å². The first-order valence-corrected chi connectivity index (χ1v) is 8.84. The third-order valence-corrected chi connectivity index (χ3v) is 5.49. The number of nitro benzene ring substituents is 1. The molecule has 0 saturated carbocycles. The molecule has 0 bridgehead atoms. The number of rotatable bonds is 3. The van der Waals surface area contributed by atoms with Gasteiger partial charge in [0.1, 0.15) is 4.70 Å². The van der Waals surface area contributed by atoms with Gasteiger partial charge in [0.2, 0.25) is 0 Å². The minimum atomic E-state index is -4.83. The predicted molar refractivity (Wildman–Crippen MR) is 102 cm³/mol. The highest BCUT2D eigenvalue weighted by Crippen LogP contribution is 2.39. The number of fused-ring (bicyclic) bond motifs is 2. The van der Waals surface area contributed by atoms with Crippen molar-refractivity contribution in [1.29, 1.82) is 0 Å². The van der Waals surface area contributed by atoms with Crippen LogP contribution >= 0.6 is 11.3 Å². The molecular formula is C17H10F3N5O3S. The van der Waals surface area contributed by atoms with Crippen LogP contribution < -0.4 is 10.5 Å². The number of nitrogens with one attached hydrogen (secondary N) is 1. The van der Waals surface area contributed by atoms with Crippen molar-refractivity contribution in [3.8, 4) is 0 Å². The molecule has 0 saturated heterocycles. The van der Waals surface area contributed by atoms with E-state index < -0.39 is 33.3 Å². The largest absolute Gasteiger partial charge is 0.416 e. The Morgan fingerprint density at radius 1 is 1.24 bits per heavy atom. The summed E-state index contributed by atoms with van der Waals surface area (Å²) in [6.45, 7) is 0. The maximum absolute atomic E-state index is 13.1. The Morgan fingerprint density at radius 3 is 2.69 bits per heavy atom. The number of anilines is 2. The molecule has 4 aromatic rings. The summed E-state index contributed by atoms with van der Waals surface area (Å²) >= 11 is 0.768. The summed E-state index contributed by atoms with van der Waals surface area (Å²) in [6.07, 6.45) is -3.22. The number of hydrogen-bond donors (Lipinski definition) is 1. The van der Waals surface area contributed by atoms with Crippen molar-refractivity contribution in [2.75, 3.05) is 11.9 Å². The SMILES string of the molecule is CN(c1ccc2[nH]ncc2c1)c1nc(=O)c2cc(C(F)(F)F)cc([N+](=O)[O-])c2s1. The van der Waals surface area contributed by atoms with E-state index >= 15 is 0 Å². The molecule has 2 aromatic carbocycles. The number of alkyl halides is 3. The zero-order valence-electron chi connectivity index (χ0n) is 14.5. The maximum Gasteiger partial charge on any atom is 0.416 e. The third-order valence-electron chi connectivity index (χ3n) is 4.31. The molecule has 8 nitrogen and oxygen atoms in total. The molecule has 12 heteroatoms. The van der Waals surface area contributed by atoms with Gasteiger partial charge in [-0.3, -0.25) is 20.0 Å². The molecule has 4 rings (SSSR count). The van der Waals surface area contributed by atoms with E-state index in [1.54, 1.807) is 31.4 Å². The summed E-state index contributed by atoms with van der Waals surface area (Å²) < 4.78 is 39.0. The fraction of sp³-hybridized carbons (Fsp3) is 0.118. The second-order valence-corrected chi connectivity index (χ2v) is 7.11. The average molecular weight is 421 g/mol.